The fraction of sp³-hybridized carbons (Fsp3) is 0.571. The molecule has 3 heteroatoms. The normalized spacial score (nSPS) is 19.6. The Morgan fingerprint density at radius 3 is 2.88 bits per heavy atom. The van der Waals surface area contributed by atoms with Crippen molar-refractivity contribution < 1.29 is 4.74 Å². The predicted octanol–water partition coefficient (Wildman–Crippen LogP) is 2.52. The van der Waals surface area contributed by atoms with Gasteiger partial charge in [-0.3, -0.25) is 0 Å². The van der Waals surface area contributed by atoms with Crippen LogP contribution in [0.15, 0.2) is 18.2 Å². The Morgan fingerprint density at radius 1 is 1.41 bits per heavy atom. The number of hydrogen-bond donors (Lipinski definition) is 2. The van der Waals surface area contributed by atoms with E-state index in [4.69, 9.17) is 10.5 Å². The Bertz CT molecular complexity index is 396. The number of hydrogen-bond acceptors (Lipinski definition) is 3. The molecule has 1 unspecified atom stereocenters. The Hall–Kier alpha value is -1.22. The SMILES string of the molecule is CC(C)(C)NCC1CCOc2c(N)cccc21. The zero-order chi connectivity index (χ0) is 12.5. The van der Waals surface area contributed by atoms with E-state index in [-0.39, 0.29) is 5.54 Å². The number of nitrogens with one attached hydrogen (secondary N) is 1. The molecule has 0 radical (unpaired) electrons. The third-order valence-corrected chi connectivity index (χ3v) is 3.11. The van der Waals surface area contributed by atoms with E-state index in [2.05, 4.69) is 32.2 Å². The van der Waals surface area contributed by atoms with Gasteiger partial charge in [-0.15, -0.1) is 0 Å². The molecular formula is C14H22N2O. The molecule has 0 saturated heterocycles. The number of fused-ring (bicyclic) bond motifs is 1. The maximum atomic E-state index is 5.94. The zero-order valence-corrected chi connectivity index (χ0v) is 10.9. The summed E-state index contributed by atoms with van der Waals surface area (Å²) in [5.74, 6) is 1.39. The predicted molar refractivity (Wildman–Crippen MR) is 71.5 cm³/mol. The molecule has 3 N–H and O–H groups in total. The highest BCUT2D eigenvalue weighted by Crippen LogP contribution is 2.37. The standard InChI is InChI=1S/C14H22N2O/c1-14(2,3)16-9-10-7-8-17-13-11(10)5-4-6-12(13)15/h4-6,10,16H,7-9,15H2,1-3H3. The molecule has 1 aromatic rings. The molecule has 0 bridgehead atoms. The van der Waals surface area contributed by atoms with Gasteiger partial charge in [0.2, 0.25) is 0 Å². The molecule has 0 aliphatic carbocycles. The van der Waals surface area contributed by atoms with Crippen molar-refractivity contribution in [3.05, 3.63) is 23.8 Å². The van der Waals surface area contributed by atoms with Gasteiger partial charge in [-0.25, -0.2) is 0 Å². The van der Waals surface area contributed by atoms with Gasteiger partial charge in [0.1, 0.15) is 5.75 Å². The van der Waals surface area contributed by atoms with Gasteiger partial charge in [-0.1, -0.05) is 12.1 Å². The van der Waals surface area contributed by atoms with Crippen LogP contribution in [-0.4, -0.2) is 18.7 Å². The van der Waals surface area contributed by atoms with Crippen LogP contribution in [0.1, 0.15) is 38.7 Å². The molecule has 0 fully saturated rings. The van der Waals surface area contributed by atoms with Crippen LogP contribution in [0.25, 0.3) is 0 Å². The first-order valence-corrected chi connectivity index (χ1v) is 6.23. The molecule has 1 aromatic carbocycles. The number of anilines is 1. The van der Waals surface area contributed by atoms with Crippen LogP contribution in [0, 0.1) is 0 Å². The van der Waals surface area contributed by atoms with E-state index in [0.717, 1.165) is 31.0 Å². The Morgan fingerprint density at radius 2 is 2.18 bits per heavy atom. The summed E-state index contributed by atoms with van der Waals surface area (Å²) in [5, 5.41) is 3.56. The molecule has 94 valence electrons. The zero-order valence-electron chi connectivity index (χ0n) is 10.9. The van der Waals surface area contributed by atoms with Gasteiger partial charge in [0.05, 0.1) is 12.3 Å². The van der Waals surface area contributed by atoms with E-state index in [1.165, 1.54) is 5.56 Å². The molecule has 17 heavy (non-hydrogen) atoms. The summed E-state index contributed by atoms with van der Waals surface area (Å²) in [7, 11) is 0. The second-order valence-electron chi connectivity index (χ2n) is 5.73. The third-order valence-electron chi connectivity index (χ3n) is 3.11. The summed E-state index contributed by atoms with van der Waals surface area (Å²) >= 11 is 0. The molecule has 0 saturated carbocycles. The lowest BCUT2D eigenvalue weighted by atomic mass is 9.91. The molecule has 1 aliphatic rings. The molecular weight excluding hydrogens is 212 g/mol. The third kappa shape index (κ3) is 2.91. The summed E-state index contributed by atoms with van der Waals surface area (Å²) in [6, 6.07) is 6.03. The first kappa shape index (κ1) is 12.2. The van der Waals surface area contributed by atoms with Gasteiger partial charge in [-0.05, 0) is 33.3 Å². The second kappa shape index (κ2) is 4.57. The highest BCUT2D eigenvalue weighted by atomic mass is 16.5. The Labute approximate surface area is 103 Å². The molecule has 1 aliphatic heterocycles. The van der Waals surface area contributed by atoms with Crippen LogP contribution < -0.4 is 15.8 Å². The fourth-order valence-electron chi connectivity index (χ4n) is 2.16. The summed E-state index contributed by atoms with van der Waals surface area (Å²) in [6.07, 6.45) is 1.06. The summed E-state index contributed by atoms with van der Waals surface area (Å²) < 4.78 is 5.66. The largest absolute Gasteiger partial charge is 0.491 e. The van der Waals surface area contributed by atoms with Gasteiger partial charge in [0.25, 0.3) is 0 Å². The first-order valence-electron chi connectivity index (χ1n) is 6.23. The monoisotopic (exact) mass is 234 g/mol. The van der Waals surface area contributed by atoms with Crippen LogP contribution in [0.4, 0.5) is 5.69 Å². The minimum Gasteiger partial charge on any atom is -0.491 e. The molecule has 0 spiro atoms. The first-order chi connectivity index (χ1) is 7.97. The van der Waals surface area contributed by atoms with Gasteiger partial charge in [-0.2, -0.15) is 0 Å². The van der Waals surface area contributed by atoms with E-state index < -0.39 is 0 Å². The lowest BCUT2D eigenvalue weighted by Crippen LogP contribution is -2.39. The van der Waals surface area contributed by atoms with Crippen LogP contribution in [0.3, 0.4) is 0 Å². The average molecular weight is 234 g/mol. The van der Waals surface area contributed by atoms with Crippen molar-refractivity contribution in [2.75, 3.05) is 18.9 Å². The number of nitrogen functional groups attached to an aromatic ring is 1. The lowest BCUT2D eigenvalue weighted by Gasteiger charge is -2.30. The quantitative estimate of drug-likeness (QED) is 0.773. The van der Waals surface area contributed by atoms with Gasteiger partial charge < -0.3 is 15.8 Å². The smallest absolute Gasteiger partial charge is 0.145 e. The highest BCUT2D eigenvalue weighted by Gasteiger charge is 2.24. The Balaban J connectivity index is 2.15. The van der Waals surface area contributed by atoms with Gasteiger partial charge in [0.15, 0.2) is 0 Å². The van der Waals surface area contributed by atoms with Crippen LogP contribution in [0.2, 0.25) is 0 Å². The van der Waals surface area contributed by atoms with Crippen LogP contribution in [-0.2, 0) is 0 Å². The maximum absolute atomic E-state index is 5.94. The number of nitrogens with two attached hydrogens (primary N) is 1. The highest BCUT2D eigenvalue weighted by molar-refractivity contribution is 5.58. The topological polar surface area (TPSA) is 47.3 Å². The van der Waals surface area contributed by atoms with E-state index in [0.29, 0.717) is 5.92 Å². The van der Waals surface area contributed by atoms with E-state index in [9.17, 15) is 0 Å². The summed E-state index contributed by atoms with van der Waals surface area (Å²) in [5.41, 5.74) is 8.09. The summed E-state index contributed by atoms with van der Waals surface area (Å²) in [4.78, 5) is 0. The lowest BCUT2D eigenvalue weighted by molar-refractivity contribution is 0.259. The van der Waals surface area contributed by atoms with Gasteiger partial charge in [0, 0.05) is 23.6 Å². The van der Waals surface area contributed by atoms with E-state index in [1.807, 2.05) is 12.1 Å². The number of benzene rings is 1. The molecule has 2 rings (SSSR count). The van der Waals surface area contributed by atoms with Crippen molar-refractivity contribution in [1.29, 1.82) is 0 Å². The minimum atomic E-state index is 0.152. The van der Waals surface area contributed by atoms with Crippen LogP contribution >= 0.6 is 0 Å². The van der Waals surface area contributed by atoms with Crippen LogP contribution in [0.5, 0.6) is 5.75 Å². The summed E-state index contributed by atoms with van der Waals surface area (Å²) in [6.45, 7) is 8.30. The van der Waals surface area contributed by atoms with Crippen molar-refractivity contribution in [2.45, 2.75) is 38.6 Å². The Kier molecular flexibility index (Phi) is 3.29. The van der Waals surface area contributed by atoms with Crippen molar-refractivity contribution >= 4 is 5.69 Å². The van der Waals surface area contributed by atoms with Gasteiger partial charge >= 0.3 is 0 Å². The molecule has 1 heterocycles. The number of para-hydroxylation sites is 1. The van der Waals surface area contributed by atoms with Crippen molar-refractivity contribution in [1.82, 2.24) is 5.32 Å². The number of ether oxygens (including phenoxy) is 1. The fourth-order valence-corrected chi connectivity index (χ4v) is 2.16. The van der Waals surface area contributed by atoms with Crippen molar-refractivity contribution in [3.63, 3.8) is 0 Å². The second-order valence-corrected chi connectivity index (χ2v) is 5.73. The molecule has 3 nitrogen and oxygen atoms in total. The molecule has 0 aromatic heterocycles. The number of rotatable bonds is 2. The average Bonchev–Trinajstić information content (AvgIpc) is 2.26. The molecule has 1 atom stereocenters. The van der Waals surface area contributed by atoms with Crippen molar-refractivity contribution in [3.8, 4) is 5.75 Å². The van der Waals surface area contributed by atoms with Crippen molar-refractivity contribution in [2.24, 2.45) is 0 Å². The maximum Gasteiger partial charge on any atom is 0.145 e. The minimum absolute atomic E-state index is 0.152. The molecule has 0 amide bonds. The van der Waals surface area contributed by atoms with E-state index >= 15 is 0 Å². The van der Waals surface area contributed by atoms with E-state index in [1.54, 1.807) is 0 Å².